The van der Waals surface area contributed by atoms with Crippen molar-refractivity contribution in [1.29, 1.82) is 0 Å². The van der Waals surface area contributed by atoms with Crippen molar-refractivity contribution in [2.75, 3.05) is 5.32 Å². The van der Waals surface area contributed by atoms with E-state index in [0.717, 1.165) is 12.1 Å². The SMILES string of the molecule is CCn1cc(Cn2cc(NC(=O)Cn3cc(C(=O)O)cn3)cn2)cn1. The van der Waals surface area contributed by atoms with E-state index >= 15 is 0 Å². The third kappa shape index (κ3) is 4.10. The molecule has 10 nitrogen and oxygen atoms in total. The Labute approximate surface area is 142 Å². The summed E-state index contributed by atoms with van der Waals surface area (Å²) in [5.74, 6) is -1.40. The number of amides is 1. The Bertz CT molecular complexity index is 892. The second-order valence-electron chi connectivity index (χ2n) is 5.41. The molecule has 10 heteroatoms. The molecule has 0 saturated heterocycles. The predicted molar refractivity (Wildman–Crippen MR) is 87.0 cm³/mol. The van der Waals surface area contributed by atoms with Crippen molar-refractivity contribution in [3.8, 4) is 0 Å². The maximum Gasteiger partial charge on any atom is 0.338 e. The monoisotopic (exact) mass is 343 g/mol. The van der Waals surface area contributed by atoms with Crippen LogP contribution in [0.3, 0.4) is 0 Å². The minimum Gasteiger partial charge on any atom is -0.478 e. The zero-order chi connectivity index (χ0) is 17.8. The smallest absolute Gasteiger partial charge is 0.338 e. The molecule has 0 fully saturated rings. The van der Waals surface area contributed by atoms with E-state index in [1.165, 1.54) is 17.1 Å². The number of aryl methyl sites for hydroxylation is 1. The van der Waals surface area contributed by atoms with Crippen LogP contribution in [0.4, 0.5) is 5.69 Å². The van der Waals surface area contributed by atoms with E-state index in [4.69, 9.17) is 5.11 Å². The average Bonchev–Trinajstić information content (AvgIpc) is 3.29. The summed E-state index contributed by atoms with van der Waals surface area (Å²) in [6, 6.07) is 0. The summed E-state index contributed by atoms with van der Waals surface area (Å²) < 4.78 is 4.79. The van der Waals surface area contributed by atoms with Gasteiger partial charge in [-0.25, -0.2) is 4.79 Å². The van der Waals surface area contributed by atoms with Gasteiger partial charge in [-0.2, -0.15) is 15.3 Å². The molecule has 0 aliphatic heterocycles. The van der Waals surface area contributed by atoms with Crippen LogP contribution in [0.5, 0.6) is 0 Å². The molecule has 0 radical (unpaired) electrons. The summed E-state index contributed by atoms with van der Waals surface area (Å²) in [5, 5.41) is 23.8. The highest BCUT2D eigenvalue weighted by atomic mass is 16.4. The van der Waals surface area contributed by atoms with E-state index in [-0.39, 0.29) is 18.0 Å². The molecule has 0 saturated carbocycles. The van der Waals surface area contributed by atoms with Crippen LogP contribution in [0.2, 0.25) is 0 Å². The normalized spacial score (nSPS) is 10.8. The van der Waals surface area contributed by atoms with Crippen molar-refractivity contribution < 1.29 is 14.7 Å². The third-order valence-electron chi connectivity index (χ3n) is 3.46. The minimum absolute atomic E-state index is 0.0354. The molecule has 1 amide bonds. The average molecular weight is 343 g/mol. The maximum absolute atomic E-state index is 12.0. The molecule has 0 aliphatic carbocycles. The molecule has 25 heavy (non-hydrogen) atoms. The zero-order valence-electron chi connectivity index (χ0n) is 13.5. The van der Waals surface area contributed by atoms with Crippen molar-refractivity contribution in [1.82, 2.24) is 29.3 Å². The molecular formula is C15H17N7O3. The molecule has 2 N–H and O–H groups in total. The van der Waals surface area contributed by atoms with E-state index < -0.39 is 5.97 Å². The molecule has 0 aliphatic rings. The van der Waals surface area contributed by atoms with E-state index in [0.29, 0.717) is 12.2 Å². The number of carbonyl (C=O) groups excluding carboxylic acids is 1. The number of carboxylic acid groups (broad SMARTS) is 1. The van der Waals surface area contributed by atoms with E-state index in [9.17, 15) is 9.59 Å². The molecule has 0 unspecified atom stereocenters. The topological polar surface area (TPSA) is 120 Å². The van der Waals surface area contributed by atoms with Gasteiger partial charge in [0.05, 0.1) is 36.4 Å². The highest BCUT2D eigenvalue weighted by Gasteiger charge is 2.10. The molecular weight excluding hydrogens is 326 g/mol. The van der Waals surface area contributed by atoms with Crippen molar-refractivity contribution in [2.45, 2.75) is 26.6 Å². The summed E-state index contributed by atoms with van der Waals surface area (Å²) in [7, 11) is 0. The fourth-order valence-electron chi connectivity index (χ4n) is 2.27. The first-order chi connectivity index (χ1) is 12.0. The number of carboxylic acids is 1. The lowest BCUT2D eigenvalue weighted by atomic mass is 10.4. The van der Waals surface area contributed by atoms with Crippen molar-refractivity contribution >= 4 is 17.6 Å². The lowest BCUT2D eigenvalue weighted by Crippen LogP contribution is -2.18. The summed E-state index contributed by atoms with van der Waals surface area (Å²) in [6.07, 6.45) is 9.49. The number of carbonyl (C=O) groups is 2. The van der Waals surface area contributed by atoms with Gasteiger partial charge in [-0.05, 0) is 6.92 Å². The second kappa shape index (κ2) is 6.99. The predicted octanol–water partition coefficient (Wildman–Crippen LogP) is 0.681. The quantitative estimate of drug-likeness (QED) is 0.651. The standard InChI is InChI=1S/C15H17N7O3/c1-2-20-6-11(3-16-20)7-21-9-13(5-18-21)19-14(23)10-22-8-12(4-17-22)15(24)25/h3-6,8-9H,2,7,10H2,1H3,(H,19,23)(H,24,25). The Kier molecular flexibility index (Phi) is 4.59. The number of rotatable bonds is 7. The van der Waals surface area contributed by atoms with Gasteiger partial charge >= 0.3 is 5.97 Å². The van der Waals surface area contributed by atoms with Crippen molar-refractivity contribution in [3.05, 3.63) is 48.3 Å². The van der Waals surface area contributed by atoms with Crippen LogP contribution in [0.1, 0.15) is 22.8 Å². The third-order valence-corrected chi connectivity index (χ3v) is 3.46. The van der Waals surface area contributed by atoms with Crippen LogP contribution < -0.4 is 5.32 Å². The van der Waals surface area contributed by atoms with Gasteiger partial charge in [0.2, 0.25) is 5.91 Å². The minimum atomic E-state index is -1.08. The fraction of sp³-hybridized carbons (Fsp3) is 0.267. The van der Waals surface area contributed by atoms with E-state index in [1.807, 2.05) is 17.8 Å². The van der Waals surface area contributed by atoms with Gasteiger partial charge in [0.1, 0.15) is 6.54 Å². The summed E-state index contributed by atoms with van der Waals surface area (Å²) in [6.45, 7) is 3.29. The Morgan fingerprint density at radius 1 is 1.04 bits per heavy atom. The molecule has 3 rings (SSSR count). The maximum atomic E-state index is 12.0. The number of aromatic carboxylic acids is 1. The van der Waals surface area contributed by atoms with Crippen LogP contribution >= 0.6 is 0 Å². The van der Waals surface area contributed by atoms with Crippen molar-refractivity contribution in [2.24, 2.45) is 0 Å². The second-order valence-corrected chi connectivity index (χ2v) is 5.41. The Morgan fingerprint density at radius 3 is 2.48 bits per heavy atom. The Hall–Kier alpha value is -3.43. The van der Waals surface area contributed by atoms with Crippen LogP contribution in [0.25, 0.3) is 0 Å². The largest absolute Gasteiger partial charge is 0.478 e. The van der Waals surface area contributed by atoms with Gasteiger partial charge in [-0.3, -0.25) is 18.8 Å². The number of nitrogens with zero attached hydrogens (tertiary/aromatic N) is 6. The lowest BCUT2D eigenvalue weighted by molar-refractivity contribution is -0.116. The molecule has 0 atom stereocenters. The van der Waals surface area contributed by atoms with Gasteiger partial charge in [0.15, 0.2) is 0 Å². The summed E-state index contributed by atoms with van der Waals surface area (Å²) in [5.41, 5.74) is 1.60. The van der Waals surface area contributed by atoms with Gasteiger partial charge in [0, 0.05) is 30.7 Å². The highest BCUT2D eigenvalue weighted by molar-refractivity contribution is 5.90. The van der Waals surface area contributed by atoms with Crippen LogP contribution in [0.15, 0.2) is 37.2 Å². The first-order valence-corrected chi connectivity index (χ1v) is 7.63. The Balaban J connectivity index is 1.56. The first-order valence-electron chi connectivity index (χ1n) is 7.63. The van der Waals surface area contributed by atoms with Gasteiger partial charge in [-0.1, -0.05) is 0 Å². The molecule has 3 aromatic rings. The summed E-state index contributed by atoms with van der Waals surface area (Å²) >= 11 is 0. The molecule has 130 valence electrons. The molecule has 3 heterocycles. The number of hydrogen-bond acceptors (Lipinski definition) is 5. The molecule has 0 bridgehead atoms. The van der Waals surface area contributed by atoms with Gasteiger partial charge in [0.25, 0.3) is 0 Å². The van der Waals surface area contributed by atoms with Crippen LogP contribution in [0, 0.1) is 0 Å². The number of anilines is 1. The van der Waals surface area contributed by atoms with Crippen LogP contribution in [-0.4, -0.2) is 46.3 Å². The zero-order valence-corrected chi connectivity index (χ0v) is 13.5. The number of hydrogen-bond donors (Lipinski definition) is 2. The van der Waals surface area contributed by atoms with E-state index in [2.05, 4.69) is 20.6 Å². The molecule has 0 aromatic carbocycles. The van der Waals surface area contributed by atoms with Crippen LogP contribution in [-0.2, 0) is 24.4 Å². The first kappa shape index (κ1) is 16.4. The van der Waals surface area contributed by atoms with Crippen molar-refractivity contribution in [3.63, 3.8) is 0 Å². The molecule has 3 aromatic heterocycles. The van der Waals surface area contributed by atoms with E-state index in [1.54, 1.807) is 23.3 Å². The summed E-state index contributed by atoms with van der Waals surface area (Å²) in [4.78, 5) is 22.8. The Morgan fingerprint density at radius 2 is 1.80 bits per heavy atom. The lowest BCUT2D eigenvalue weighted by Gasteiger charge is -2.02. The number of nitrogens with one attached hydrogen (secondary N) is 1. The van der Waals surface area contributed by atoms with Gasteiger partial charge < -0.3 is 10.4 Å². The molecule has 0 spiro atoms. The highest BCUT2D eigenvalue weighted by Crippen LogP contribution is 2.08. The van der Waals surface area contributed by atoms with Gasteiger partial charge in [-0.15, -0.1) is 0 Å². The fourth-order valence-corrected chi connectivity index (χ4v) is 2.27. The number of aromatic nitrogens is 6.